The van der Waals surface area contributed by atoms with Crippen molar-refractivity contribution in [3.63, 3.8) is 0 Å². The number of pyridine rings is 1. The van der Waals surface area contributed by atoms with Crippen LogP contribution in [0.3, 0.4) is 0 Å². The molecule has 3 aromatic heterocycles. The number of amides is 1. The molecular formula is C21H27N7O3. The van der Waals surface area contributed by atoms with E-state index in [-0.39, 0.29) is 5.91 Å². The van der Waals surface area contributed by atoms with Crippen molar-refractivity contribution in [1.82, 2.24) is 29.9 Å². The summed E-state index contributed by atoms with van der Waals surface area (Å²) in [5, 5.41) is 11.8. The largest absolute Gasteiger partial charge is 0.381 e. The van der Waals surface area contributed by atoms with Crippen LogP contribution in [0.1, 0.15) is 44.9 Å². The molecule has 2 fully saturated rings. The Morgan fingerprint density at radius 3 is 2.90 bits per heavy atom. The fourth-order valence-corrected chi connectivity index (χ4v) is 4.38. The lowest BCUT2D eigenvalue weighted by Crippen LogP contribution is -2.47. The van der Waals surface area contributed by atoms with Gasteiger partial charge in [0.15, 0.2) is 11.5 Å². The van der Waals surface area contributed by atoms with E-state index >= 15 is 0 Å². The van der Waals surface area contributed by atoms with Crippen molar-refractivity contribution < 1.29 is 14.1 Å². The van der Waals surface area contributed by atoms with Crippen LogP contribution >= 0.6 is 0 Å². The topological polar surface area (TPSA) is 102 Å². The number of hydrogen-bond donors (Lipinski definition) is 0. The SMILES string of the molecule is CCN(C1CCOCC1)n1ncc2cc(-c3nc(CN4CCCCC4=O)no3)cnc21. The van der Waals surface area contributed by atoms with Gasteiger partial charge in [0.2, 0.25) is 5.91 Å². The van der Waals surface area contributed by atoms with E-state index in [4.69, 9.17) is 9.26 Å². The van der Waals surface area contributed by atoms with E-state index < -0.39 is 0 Å². The number of likely N-dealkylation sites (tertiary alicyclic amines) is 1. The zero-order chi connectivity index (χ0) is 21.2. The molecule has 3 aromatic rings. The van der Waals surface area contributed by atoms with Crippen molar-refractivity contribution in [3.8, 4) is 11.5 Å². The summed E-state index contributed by atoms with van der Waals surface area (Å²) in [5.74, 6) is 1.06. The molecule has 5 rings (SSSR count). The molecule has 2 aliphatic heterocycles. The van der Waals surface area contributed by atoms with E-state index in [2.05, 4.69) is 32.2 Å². The number of nitrogens with zero attached hydrogens (tertiary/aromatic N) is 7. The molecule has 0 spiro atoms. The van der Waals surface area contributed by atoms with Gasteiger partial charge >= 0.3 is 0 Å². The highest BCUT2D eigenvalue weighted by molar-refractivity contribution is 5.79. The zero-order valence-corrected chi connectivity index (χ0v) is 17.7. The molecule has 31 heavy (non-hydrogen) atoms. The third kappa shape index (κ3) is 3.99. The molecule has 1 amide bonds. The first-order valence-corrected chi connectivity index (χ1v) is 11.0. The summed E-state index contributed by atoms with van der Waals surface area (Å²) in [4.78, 5) is 24.9. The van der Waals surface area contributed by atoms with E-state index in [9.17, 15) is 4.79 Å². The molecule has 0 radical (unpaired) electrons. The van der Waals surface area contributed by atoms with Gasteiger partial charge in [-0.05, 0) is 38.7 Å². The first-order valence-electron chi connectivity index (χ1n) is 11.0. The highest BCUT2D eigenvalue weighted by Gasteiger charge is 2.24. The van der Waals surface area contributed by atoms with Crippen molar-refractivity contribution in [2.24, 2.45) is 0 Å². The van der Waals surface area contributed by atoms with Crippen LogP contribution in [0.25, 0.3) is 22.5 Å². The minimum Gasteiger partial charge on any atom is -0.381 e. The molecule has 0 unspecified atom stereocenters. The van der Waals surface area contributed by atoms with Crippen molar-refractivity contribution in [1.29, 1.82) is 0 Å². The summed E-state index contributed by atoms with van der Waals surface area (Å²) in [6.45, 7) is 5.65. The molecule has 5 heterocycles. The molecule has 0 bridgehead atoms. The van der Waals surface area contributed by atoms with E-state index in [0.717, 1.165) is 68.6 Å². The second kappa shape index (κ2) is 8.62. The van der Waals surface area contributed by atoms with Gasteiger partial charge in [-0.3, -0.25) is 9.80 Å². The van der Waals surface area contributed by atoms with E-state index in [1.807, 2.05) is 17.1 Å². The van der Waals surface area contributed by atoms with Gasteiger partial charge in [0.1, 0.15) is 0 Å². The first-order chi connectivity index (χ1) is 15.2. The lowest BCUT2D eigenvalue weighted by Gasteiger charge is -2.34. The van der Waals surface area contributed by atoms with Gasteiger partial charge in [0.25, 0.3) is 5.89 Å². The van der Waals surface area contributed by atoms with Crippen molar-refractivity contribution in [3.05, 3.63) is 24.3 Å². The van der Waals surface area contributed by atoms with Crippen LogP contribution in [0.2, 0.25) is 0 Å². The standard InChI is InChI=1S/C21H27N7O3/c1-2-27(17-6-9-30-10-7-17)28-20-15(13-23-28)11-16(12-22-20)21-24-18(25-31-21)14-26-8-4-3-5-19(26)29/h11-13,17H,2-10,14H2,1H3. The molecule has 164 valence electrons. The number of hydrogen-bond acceptors (Lipinski definition) is 8. The molecule has 0 atom stereocenters. The predicted molar refractivity (Wildman–Crippen MR) is 113 cm³/mol. The van der Waals surface area contributed by atoms with Crippen molar-refractivity contribution in [2.45, 2.75) is 51.6 Å². The van der Waals surface area contributed by atoms with Crippen LogP contribution in [0.15, 0.2) is 23.0 Å². The number of carbonyl (C=O) groups excluding carboxylic acids is 1. The molecule has 0 N–H and O–H groups in total. The Balaban J connectivity index is 1.36. The highest BCUT2D eigenvalue weighted by atomic mass is 16.5. The fraction of sp³-hybridized carbons (Fsp3) is 0.571. The Hall–Kier alpha value is -3.01. The van der Waals surface area contributed by atoms with Crippen molar-refractivity contribution in [2.75, 3.05) is 31.3 Å². The monoisotopic (exact) mass is 425 g/mol. The van der Waals surface area contributed by atoms with Gasteiger partial charge in [-0.25, -0.2) is 4.98 Å². The molecule has 0 aromatic carbocycles. The Kier molecular flexibility index (Phi) is 5.54. The number of carbonyl (C=O) groups is 1. The quantitative estimate of drug-likeness (QED) is 0.592. The number of rotatable bonds is 6. The summed E-state index contributed by atoms with van der Waals surface area (Å²) < 4.78 is 11.0. The Morgan fingerprint density at radius 2 is 2.10 bits per heavy atom. The number of fused-ring (bicyclic) bond motifs is 1. The predicted octanol–water partition coefficient (Wildman–Crippen LogP) is 2.13. The molecule has 0 saturated carbocycles. The highest BCUT2D eigenvalue weighted by Crippen LogP contribution is 2.23. The molecule has 10 heteroatoms. The first kappa shape index (κ1) is 19.9. The number of piperidine rings is 1. The number of aromatic nitrogens is 5. The summed E-state index contributed by atoms with van der Waals surface area (Å²) in [6.07, 6.45) is 8.09. The van der Waals surface area contributed by atoms with Crippen LogP contribution in [0.5, 0.6) is 0 Å². The second-order valence-electron chi connectivity index (χ2n) is 8.06. The van der Waals surface area contributed by atoms with E-state index in [0.29, 0.717) is 30.7 Å². The van der Waals surface area contributed by atoms with Crippen molar-refractivity contribution >= 4 is 16.9 Å². The van der Waals surface area contributed by atoms with Crippen LogP contribution in [-0.2, 0) is 16.1 Å². The van der Waals surface area contributed by atoms with Crippen LogP contribution in [-0.4, -0.2) is 68.2 Å². The lowest BCUT2D eigenvalue weighted by atomic mass is 10.1. The van der Waals surface area contributed by atoms with Crippen LogP contribution in [0.4, 0.5) is 0 Å². The normalized spacial score (nSPS) is 18.1. The van der Waals surface area contributed by atoms with Gasteiger partial charge in [-0.1, -0.05) is 5.16 Å². The summed E-state index contributed by atoms with van der Waals surface area (Å²) in [5.41, 5.74) is 1.54. The van der Waals surface area contributed by atoms with Gasteiger partial charge in [-0.2, -0.15) is 14.9 Å². The average Bonchev–Trinajstić information content (AvgIpc) is 3.44. The molecule has 0 aliphatic carbocycles. The Morgan fingerprint density at radius 1 is 1.23 bits per heavy atom. The summed E-state index contributed by atoms with van der Waals surface area (Å²) in [7, 11) is 0. The third-order valence-corrected chi connectivity index (χ3v) is 6.04. The summed E-state index contributed by atoms with van der Waals surface area (Å²) in [6, 6.07) is 2.35. The number of ether oxygens (including phenoxy) is 1. The van der Waals surface area contributed by atoms with Gasteiger partial charge in [-0.15, -0.1) is 0 Å². The third-order valence-electron chi connectivity index (χ3n) is 6.04. The fourth-order valence-electron chi connectivity index (χ4n) is 4.38. The average molecular weight is 425 g/mol. The molecular weight excluding hydrogens is 398 g/mol. The molecule has 2 saturated heterocycles. The molecule has 2 aliphatic rings. The zero-order valence-electron chi connectivity index (χ0n) is 17.7. The van der Waals surface area contributed by atoms with Crippen LogP contribution < -0.4 is 5.01 Å². The van der Waals surface area contributed by atoms with Crippen LogP contribution in [0, 0.1) is 0 Å². The maximum atomic E-state index is 12.0. The van der Waals surface area contributed by atoms with E-state index in [1.54, 1.807) is 11.1 Å². The second-order valence-corrected chi connectivity index (χ2v) is 8.06. The minimum atomic E-state index is 0.151. The lowest BCUT2D eigenvalue weighted by molar-refractivity contribution is -0.134. The van der Waals surface area contributed by atoms with Gasteiger partial charge in [0, 0.05) is 44.3 Å². The van der Waals surface area contributed by atoms with Gasteiger partial charge in [0.05, 0.1) is 24.3 Å². The maximum Gasteiger partial charge on any atom is 0.259 e. The van der Waals surface area contributed by atoms with Gasteiger partial charge < -0.3 is 14.2 Å². The maximum absolute atomic E-state index is 12.0. The van der Waals surface area contributed by atoms with E-state index in [1.165, 1.54) is 0 Å². The molecule has 10 nitrogen and oxygen atoms in total. The smallest absolute Gasteiger partial charge is 0.259 e. The Bertz CT molecular complexity index is 1060. The Labute approximate surface area is 180 Å². The minimum absolute atomic E-state index is 0.151. The summed E-state index contributed by atoms with van der Waals surface area (Å²) >= 11 is 0.